The number of benzene rings is 1. The number of aryl methyl sites for hydroxylation is 2. The SMILES string of the molecule is CCOP1(=S)Nc2cc(C)c(C)cc2N1. The summed E-state index contributed by atoms with van der Waals surface area (Å²) in [5, 5.41) is 6.54. The van der Waals surface area contributed by atoms with Crippen molar-refractivity contribution in [3.05, 3.63) is 23.3 Å². The van der Waals surface area contributed by atoms with Crippen molar-refractivity contribution in [3.8, 4) is 0 Å². The molecular weight excluding hydrogens is 227 g/mol. The van der Waals surface area contributed by atoms with Crippen molar-refractivity contribution in [2.45, 2.75) is 20.8 Å². The monoisotopic (exact) mass is 242 g/mol. The van der Waals surface area contributed by atoms with Gasteiger partial charge in [-0.2, -0.15) is 0 Å². The molecule has 0 spiro atoms. The van der Waals surface area contributed by atoms with Crippen molar-refractivity contribution in [1.29, 1.82) is 0 Å². The number of hydrogen-bond donors (Lipinski definition) is 2. The minimum atomic E-state index is -2.06. The molecule has 0 aromatic heterocycles. The number of hydrogen-bond acceptors (Lipinski definition) is 2. The maximum atomic E-state index is 5.56. The van der Waals surface area contributed by atoms with Crippen LogP contribution in [0.25, 0.3) is 0 Å². The fraction of sp³-hybridized carbons (Fsp3) is 0.400. The summed E-state index contributed by atoms with van der Waals surface area (Å²) in [4.78, 5) is 0. The van der Waals surface area contributed by atoms with Crippen LogP contribution in [0.15, 0.2) is 12.1 Å². The van der Waals surface area contributed by atoms with Crippen molar-refractivity contribution in [2.75, 3.05) is 16.8 Å². The van der Waals surface area contributed by atoms with Crippen molar-refractivity contribution in [1.82, 2.24) is 0 Å². The summed E-state index contributed by atoms with van der Waals surface area (Å²) in [5.74, 6) is 0. The van der Waals surface area contributed by atoms with Crippen LogP contribution in [0.5, 0.6) is 0 Å². The second kappa shape index (κ2) is 3.78. The topological polar surface area (TPSA) is 33.3 Å². The summed E-state index contributed by atoms with van der Waals surface area (Å²) < 4.78 is 5.56. The van der Waals surface area contributed by atoms with Gasteiger partial charge in [0.05, 0.1) is 18.0 Å². The lowest BCUT2D eigenvalue weighted by atomic mass is 10.1. The van der Waals surface area contributed by atoms with Gasteiger partial charge in [0.1, 0.15) is 0 Å². The lowest BCUT2D eigenvalue weighted by molar-refractivity contribution is 0.382. The third kappa shape index (κ3) is 2.03. The quantitative estimate of drug-likeness (QED) is 0.779. The van der Waals surface area contributed by atoms with Crippen LogP contribution in [0.2, 0.25) is 0 Å². The zero-order chi connectivity index (χ0) is 11.1. The van der Waals surface area contributed by atoms with E-state index in [-0.39, 0.29) is 0 Å². The normalized spacial score (nSPS) is 16.7. The van der Waals surface area contributed by atoms with Gasteiger partial charge in [0.15, 0.2) is 0 Å². The average molecular weight is 242 g/mol. The third-order valence-corrected chi connectivity index (χ3v) is 5.04. The second-order valence-corrected chi connectivity index (χ2v) is 7.03. The first-order valence-corrected chi connectivity index (χ1v) is 7.68. The summed E-state index contributed by atoms with van der Waals surface area (Å²) in [6, 6.07) is 4.23. The molecular formula is C10H15N2OPS. The van der Waals surface area contributed by atoms with Crippen molar-refractivity contribution >= 4 is 29.7 Å². The predicted molar refractivity (Wildman–Crippen MR) is 69.1 cm³/mol. The van der Waals surface area contributed by atoms with E-state index in [9.17, 15) is 0 Å². The molecule has 1 heterocycles. The van der Waals surface area contributed by atoms with E-state index < -0.39 is 6.57 Å². The number of rotatable bonds is 2. The standard InChI is InChI=1S/C10H15N2OPS/c1-4-13-14(15)11-9-5-7(2)8(3)6-10(9)12-14/h5-6H,4H2,1-3H3,(H2,11,12,15). The minimum Gasteiger partial charge on any atom is -0.319 e. The molecule has 1 aromatic carbocycles. The Labute approximate surface area is 95.4 Å². The van der Waals surface area contributed by atoms with E-state index in [1.54, 1.807) is 0 Å². The van der Waals surface area contributed by atoms with Crippen LogP contribution < -0.4 is 10.2 Å². The van der Waals surface area contributed by atoms with E-state index >= 15 is 0 Å². The predicted octanol–water partition coefficient (Wildman–Crippen LogP) is 3.40. The van der Waals surface area contributed by atoms with Crippen LogP contribution >= 0.6 is 6.57 Å². The van der Waals surface area contributed by atoms with Crippen LogP contribution in [-0.4, -0.2) is 6.61 Å². The van der Waals surface area contributed by atoms with E-state index in [1.165, 1.54) is 11.1 Å². The van der Waals surface area contributed by atoms with Crippen LogP contribution in [0.1, 0.15) is 18.1 Å². The highest BCUT2D eigenvalue weighted by atomic mass is 32.4. The molecule has 0 amide bonds. The zero-order valence-electron chi connectivity index (χ0n) is 9.13. The van der Waals surface area contributed by atoms with Gasteiger partial charge < -0.3 is 14.7 Å². The van der Waals surface area contributed by atoms with Gasteiger partial charge in [-0.25, -0.2) is 0 Å². The van der Waals surface area contributed by atoms with Gasteiger partial charge in [0.25, 0.3) is 0 Å². The molecule has 3 nitrogen and oxygen atoms in total. The smallest absolute Gasteiger partial charge is 0.249 e. The molecule has 0 radical (unpaired) electrons. The van der Waals surface area contributed by atoms with Crippen LogP contribution in [-0.2, 0) is 16.3 Å². The van der Waals surface area contributed by atoms with Gasteiger partial charge in [0, 0.05) is 0 Å². The highest BCUT2D eigenvalue weighted by Crippen LogP contribution is 2.55. The maximum absolute atomic E-state index is 5.56. The van der Waals surface area contributed by atoms with Gasteiger partial charge in [0.2, 0.25) is 6.57 Å². The zero-order valence-corrected chi connectivity index (χ0v) is 10.8. The fourth-order valence-corrected chi connectivity index (χ4v) is 4.05. The fourth-order valence-electron chi connectivity index (χ4n) is 1.59. The molecule has 2 N–H and O–H groups in total. The molecule has 15 heavy (non-hydrogen) atoms. The molecule has 0 unspecified atom stereocenters. The molecule has 1 aromatic rings. The first-order valence-electron chi connectivity index (χ1n) is 4.96. The molecule has 2 rings (SSSR count). The highest BCUT2D eigenvalue weighted by Gasteiger charge is 2.26. The first-order chi connectivity index (χ1) is 7.04. The largest absolute Gasteiger partial charge is 0.319 e. The Morgan fingerprint density at radius 2 is 1.67 bits per heavy atom. The van der Waals surface area contributed by atoms with Crippen LogP contribution in [0.4, 0.5) is 11.4 Å². The molecule has 1 aliphatic rings. The van der Waals surface area contributed by atoms with Crippen LogP contribution in [0, 0.1) is 13.8 Å². The third-order valence-electron chi connectivity index (χ3n) is 2.48. The number of fused-ring (bicyclic) bond motifs is 1. The molecule has 1 aliphatic heterocycles. The molecule has 0 bridgehead atoms. The van der Waals surface area contributed by atoms with Crippen LogP contribution in [0.3, 0.4) is 0 Å². The minimum absolute atomic E-state index is 0.628. The average Bonchev–Trinajstić information content (AvgIpc) is 2.42. The molecule has 5 heteroatoms. The summed E-state index contributed by atoms with van der Waals surface area (Å²) in [7, 11) is 0. The van der Waals surface area contributed by atoms with Gasteiger partial charge in [-0.3, -0.25) is 0 Å². The van der Waals surface area contributed by atoms with E-state index in [1.807, 2.05) is 6.92 Å². The highest BCUT2D eigenvalue weighted by molar-refractivity contribution is 8.13. The van der Waals surface area contributed by atoms with Crippen molar-refractivity contribution in [3.63, 3.8) is 0 Å². The van der Waals surface area contributed by atoms with E-state index in [0.717, 1.165) is 11.4 Å². The molecule has 0 aliphatic carbocycles. The van der Waals surface area contributed by atoms with Gasteiger partial charge in [-0.1, -0.05) is 0 Å². The van der Waals surface area contributed by atoms with Gasteiger partial charge in [-0.05, 0) is 55.8 Å². The summed E-state index contributed by atoms with van der Waals surface area (Å²) in [5.41, 5.74) is 4.66. The second-order valence-electron chi connectivity index (χ2n) is 3.67. The Morgan fingerprint density at radius 1 is 1.20 bits per heavy atom. The summed E-state index contributed by atoms with van der Waals surface area (Å²) >= 11 is 5.42. The maximum Gasteiger partial charge on any atom is 0.249 e. The van der Waals surface area contributed by atoms with Crippen molar-refractivity contribution < 1.29 is 4.52 Å². The molecule has 0 fully saturated rings. The molecule has 0 saturated heterocycles. The number of nitrogens with one attached hydrogen (secondary N) is 2. The Morgan fingerprint density at radius 3 is 2.07 bits per heavy atom. The first kappa shape index (κ1) is 10.9. The Hall–Kier alpha value is -0.570. The Kier molecular flexibility index (Phi) is 2.75. The summed E-state index contributed by atoms with van der Waals surface area (Å²) in [6.07, 6.45) is 0. The van der Waals surface area contributed by atoms with E-state index in [4.69, 9.17) is 16.3 Å². The van der Waals surface area contributed by atoms with E-state index in [0.29, 0.717) is 6.61 Å². The Balaban J connectivity index is 2.35. The lowest BCUT2D eigenvalue weighted by Crippen LogP contribution is -2.00. The number of anilines is 2. The van der Waals surface area contributed by atoms with Gasteiger partial charge >= 0.3 is 0 Å². The van der Waals surface area contributed by atoms with Gasteiger partial charge in [-0.15, -0.1) is 0 Å². The Bertz CT molecular complexity index is 412. The molecule has 0 atom stereocenters. The lowest BCUT2D eigenvalue weighted by Gasteiger charge is -2.15. The van der Waals surface area contributed by atoms with E-state index in [2.05, 4.69) is 36.2 Å². The van der Waals surface area contributed by atoms with Crippen molar-refractivity contribution in [2.24, 2.45) is 0 Å². The molecule has 82 valence electrons. The summed E-state index contributed by atoms with van der Waals surface area (Å²) in [6.45, 7) is 4.72. The molecule has 0 saturated carbocycles.